The number of nitrogens with zero attached hydrogens (tertiary/aromatic N) is 2. The van der Waals surface area contributed by atoms with Crippen LogP contribution in [-0.4, -0.2) is 9.13 Å². The van der Waals surface area contributed by atoms with Crippen LogP contribution in [-0.2, 0) is 0 Å². The van der Waals surface area contributed by atoms with Crippen molar-refractivity contribution in [3.05, 3.63) is 139 Å². The number of rotatable bonds is 3. The molecule has 0 saturated carbocycles. The third-order valence-corrected chi connectivity index (χ3v) is 8.00. The van der Waals surface area contributed by atoms with E-state index in [1.807, 2.05) is 0 Å². The third-order valence-electron chi connectivity index (χ3n) is 8.00. The van der Waals surface area contributed by atoms with Crippen LogP contribution < -0.4 is 0 Å². The van der Waals surface area contributed by atoms with E-state index in [-0.39, 0.29) is 0 Å². The zero-order valence-corrected chi connectivity index (χ0v) is 21.0. The van der Waals surface area contributed by atoms with Gasteiger partial charge in [0.05, 0.1) is 22.1 Å². The monoisotopic (exact) mass is 486 g/mol. The van der Waals surface area contributed by atoms with Crippen LogP contribution >= 0.6 is 0 Å². The second-order valence-electron chi connectivity index (χ2n) is 10.1. The van der Waals surface area contributed by atoms with Gasteiger partial charge in [0.15, 0.2) is 0 Å². The van der Waals surface area contributed by atoms with Crippen LogP contribution in [0.15, 0.2) is 133 Å². The summed E-state index contributed by atoms with van der Waals surface area (Å²) >= 11 is 0. The lowest BCUT2D eigenvalue weighted by Gasteiger charge is -2.12. The van der Waals surface area contributed by atoms with Gasteiger partial charge in [0.25, 0.3) is 0 Å². The smallest absolute Gasteiger partial charge is 0.0542 e. The van der Waals surface area contributed by atoms with Crippen LogP contribution in [0.5, 0.6) is 0 Å². The predicted octanol–water partition coefficient (Wildman–Crippen LogP) is 9.61. The fourth-order valence-electron chi connectivity index (χ4n) is 6.25. The highest BCUT2D eigenvalue weighted by Gasteiger charge is 2.16. The minimum Gasteiger partial charge on any atom is -0.309 e. The molecular weight excluding hydrogens is 460 g/mol. The van der Waals surface area contributed by atoms with Crippen LogP contribution in [0.25, 0.3) is 60.6 Å². The van der Waals surface area contributed by atoms with Crippen LogP contribution in [0, 0.1) is 0 Å². The quantitative estimate of drug-likeness (QED) is 0.235. The normalized spacial score (nSPS) is 13.6. The van der Waals surface area contributed by atoms with Crippen molar-refractivity contribution < 1.29 is 0 Å². The Hall–Kier alpha value is -4.82. The highest BCUT2D eigenvalue weighted by molar-refractivity contribution is 6.12. The molecule has 0 N–H and O–H groups in total. The number of fused-ring (bicyclic) bond motifs is 6. The maximum absolute atomic E-state index is 2.40. The minimum atomic E-state index is 1.11. The first-order valence-electron chi connectivity index (χ1n) is 13.4. The molecule has 0 saturated heterocycles. The summed E-state index contributed by atoms with van der Waals surface area (Å²) in [4.78, 5) is 0. The Morgan fingerprint density at radius 1 is 0.474 bits per heavy atom. The first-order valence-corrected chi connectivity index (χ1v) is 13.4. The number of hydrogen-bond acceptors (Lipinski definition) is 0. The first-order chi connectivity index (χ1) is 18.9. The molecule has 7 aromatic rings. The summed E-state index contributed by atoms with van der Waals surface area (Å²) in [5.41, 5.74) is 10.0. The molecule has 5 aromatic carbocycles. The largest absolute Gasteiger partial charge is 0.309 e. The van der Waals surface area contributed by atoms with E-state index < -0.39 is 0 Å². The SMILES string of the molecule is C1=CCCC(c2ccc(-n3c4ccccc4c4cc(-n5c6ccccc6c6ccccc65)ccc43)cc2)=C1. The topological polar surface area (TPSA) is 9.86 Å². The van der Waals surface area contributed by atoms with Crippen molar-refractivity contribution in [3.63, 3.8) is 0 Å². The lowest BCUT2D eigenvalue weighted by atomic mass is 9.97. The molecule has 2 heteroatoms. The van der Waals surface area contributed by atoms with Gasteiger partial charge in [0.1, 0.15) is 0 Å². The molecule has 180 valence electrons. The fourth-order valence-corrected chi connectivity index (χ4v) is 6.25. The van der Waals surface area contributed by atoms with Gasteiger partial charge in [-0.1, -0.05) is 85.0 Å². The third kappa shape index (κ3) is 3.13. The zero-order chi connectivity index (χ0) is 25.1. The van der Waals surface area contributed by atoms with Crippen molar-refractivity contribution >= 4 is 49.2 Å². The van der Waals surface area contributed by atoms with Crippen LogP contribution in [0.2, 0.25) is 0 Å². The second kappa shape index (κ2) is 8.36. The Balaban J connectivity index is 1.35. The summed E-state index contributed by atoms with van der Waals surface area (Å²) in [6, 6.07) is 42.2. The molecule has 0 unspecified atom stereocenters. The highest BCUT2D eigenvalue weighted by atomic mass is 15.0. The molecule has 0 fully saturated rings. The molecule has 0 atom stereocenters. The van der Waals surface area contributed by atoms with E-state index in [1.54, 1.807) is 0 Å². The molecule has 0 aliphatic heterocycles. The maximum Gasteiger partial charge on any atom is 0.0542 e. The molecule has 1 aliphatic rings. The zero-order valence-electron chi connectivity index (χ0n) is 21.0. The Morgan fingerprint density at radius 2 is 1.00 bits per heavy atom. The molecular formula is C36H26N2. The number of aromatic nitrogens is 2. The van der Waals surface area contributed by atoms with E-state index >= 15 is 0 Å². The van der Waals surface area contributed by atoms with Crippen LogP contribution in [0.1, 0.15) is 18.4 Å². The van der Waals surface area contributed by atoms with Gasteiger partial charge in [-0.3, -0.25) is 0 Å². The Morgan fingerprint density at radius 3 is 1.61 bits per heavy atom. The Bertz CT molecular complexity index is 2010. The number of para-hydroxylation sites is 3. The highest BCUT2D eigenvalue weighted by Crippen LogP contribution is 2.37. The average Bonchev–Trinajstić information content (AvgIpc) is 3.50. The molecule has 38 heavy (non-hydrogen) atoms. The van der Waals surface area contributed by atoms with Crippen LogP contribution in [0.4, 0.5) is 0 Å². The van der Waals surface area contributed by atoms with Crippen molar-refractivity contribution in [3.8, 4) is 11.4 Å². The molecule has 2 aromatic heterocycles. The average molecular weight is 487 g/mol. The molecule has 0 bridgehead atoms. The standard InChI is InChI=1S/C36H26N2/c1-2-10-25(11-3-1)26-18-20-27(21-19-26)37-35-17-9-6-14-31(35)32-24-28(22-23-36(32)37)38-33-15-7-4-12-29(33)30-13-5-8-16-34(30)38/h1-2,4-10,12-24H,3,11H2. The van der Waals surface area contributed by atoms with E-state index in [4.69, 9.17) is 0 Å². The molecule has 0 spiro atoms. The summed E-state index contributed by atoms with van der Waals surface area (Å²) in [6.45, 7) is 0. The van der Waals surface area contributed by atoms with Gasteiger partial charge in [-0.05, 0) is 72.5 Å². The van der Waals surface area contributed by atoms with Crippen molar-refractivity contribution in [1.82, 2.24) is 9.13 Å². The van der Waals surface area contributed by atoms with Crippen molar-refractivity contribution in [1.29, 1.82) is 0 Å². The lowest BCUT2D eigenvalue weighted by molar-refractivity contribution is 1.05. The molecule has 0 radical (unpaired) electrons. The first kappa shape index (κ1) is 21.3. The molecule has 0 amide bonds. The van der Waals surface area contributed by atoms with Crippen molar-refractivity contribution in [2.45, 2.75) is 12.8 Å². The molecule has 1 aliphatic carbocycles. The van der Waals surface area contributed by atoms with E-state index in [2.05, 4.69) is 143 Å². The van der Waals surface area contributed by atoms with Gasteiger partial charge in [-0.25, -0.2) is 0 Å². The fraction of sp³-hybridized carbons (Fsp3) is 0.0556. The van der Waals surface area contributed by atoms with Crippen molar-refractivity contribution in [2.75, 3.05) is 0 Å². The van der Waals surface area contributed by atoms with Gasteiger partial charge < -0.3 is 9.13 Å². The number of benzene rings is 5. The van der Waals surface area contributed by atoms with E-state index in [9.17, 15) is 0 Å². The molecule has 8 rings (SSSR count). The lowest BCUT2D eigenvalue weighted by Crippen LogP contribution is -1.96. The van der Waals surface area contributed by atoms with E-state index in [0.29, 0.717) is 0 Å². The van der Waals surface area contributed by atoms with Gasteiger partial charge in [-0.2, -0.15) is 0 Å². The van der Waals surface area contributed by atoms with E-state index in [1.165, 1.54) is 66.1 Å². The number of allylic oxidation sites excluding steroid dienone is 4. The molecule has 2 heterocycles. The summed E-state index contributed by atoms with van der Waals surface area (Å²) in [7, 11) is 0. The van der Waals surface area contributed by atoms with E-state index in [0.717, 1.165) is 12.8 Å². The summed E-state index contributed by atoms with van der Waals surface area (Å²) < 4.78 is 4.80. The summed E-state index contributed by atoms with van der Waals surface area (Å²) in [6.07, 6.45) is 8.89. The van der Waals surface area contributed by atoms with Gasteiger partial charge >= 0.3 is 0 Å². The summed E-state index contributed by atoms with van der Waals surface area (Å²) in [5.74, 6) is 0. The minimum absolute atomic E-state index is 1.11. The van der Waals surface area contributed by atoms with Gasteiger partial charge in [-0.15, -0.1) is 0 Å². The number of hydrogen-bond donors (Lipinski definition) is 0. The van der Waals surface area contributed by atoms with Crippen molar-refractivity contribution in [2.24, 2.45) is 0 Å². The van der Waals surface area contributed by atoms with Crippen LogP contribution in [0.3, 0.4) is 0 Å². The van der Waals surface area contributed by atoms with Gasteiger partial charge in [0, 0.05) is 32.9 Å². The second-order valence-corrected chi connectivity index (χ2v) is 10.1. The molecule has 2 nitrogen and oxygen atoms in total. The Kier molecular flexibility index (Phi) is 4.68. The van der Waals surface area contributed by atoms with Gasteiger partial charge in [0.2, 0.25) is 0 Å². The Labute approximate surface area is 221 Å². The summed E-state index contributed by atoms with van der Waals surface area (Å²) in [5, 5.41) is 5.11. The predicted molar refractivity (Wildman–Crippen MR) is 161 cm³/mol. The maximum atomic E-state index is 2.40.